The minimum atomic E-state index is -0.143. The first-order valence-electron chi connectivity index (χ1n) is 7.33. The average molecular weight is 296 g/mol. The minimum absolute atomic E-state index is 0.143. The summed E-state index contributed by atoms with van der Waals surface area (Å²) in [6, 6.07) is 4.45. The van der Waals surface area contributed by atoms with Crippen molar-refractivity contribution < 1.29 is 9.47 Å². The van der Waals surface area contributed by atoms with Crippen LogP contribution in [0.1, 0.15) is 9.75 Å². The normalized spacial score (nSPS) is 29.7. The van der Waals surface area contributed by atoms with Crippen molar-refractivity contribution in [2.45, 2.75) is 19.1 Å². The number of nitrogens with zero attached hydrogens (tertiary/aromatic N) is 2. The van der Waals surface area contributed by atoms with Crippen LogP contribution in [-0.2, 0) is 16.0 Å². The van der Waals surface area contributed by atoms with Crippen LogP contribution in [0.25, 0.3) is 0 Å². The molecule has 2 aliphatic heterocycles. The lowest BCUT2D eigenvalue weighted by molar-refractivity contribution is -0.141. The highest BCUT2D eigenvalue weighted by atomic mass is 32.1. The van der Waals surface area contributed by atoms with Crippen LogP contribution in [0.3, 0.4) is 0 Å². The summed E-state index contributed by atoms with van der Waals surface area (Å²) in [6.07, 6.45) is 0. The zero-order chi connectivity index (χ0) is 14.0. The van der Waals surface area contributed by atoms with Crippen LogP contribution in [0.15, 0.2) is 12.1 Å². The molecule has 5 heteroatoms. The molecule has 4 nitrogen and oxygen atoms in total. The summed E-state index contributed by atoms with van der Waals surface area (Å²) in [4.78, 5) is 7.67. The highest BCUT2D eigenvalue weighted by Gasteiger charge is 2.39. The minimum Gasteiger partial charge on any atom is -0.377 e. The number of aryl methyl sites for hydroxylation is 1. The molecular weight excluding hydrogens is 272 g/mol. The fourth-order valence-electron chi connectivity index (χ4n) is 3.13. The predicted molar refractivity (Wildman–Crippen MR) is 81.3 cm³/mol. The van der Waals surface area contributed by atoms with Gasteiger partial charge < -0.3 is 14.4 Å². The van der Waals surface area contributed by atoms with E-state index in [9.17, 15) is 0 Å². The number of likely N-dealkylation sites (N-methyl/N-ethyl adjacent to an activating group) is 1. The lowest BCUT2D eigenvalue weighted by Crippen LogP contribution is -2.58. The Morgan fingerprint density at radius 3 is 2.95 bits per heavy atom. The molecular formula is C15H24N2O2S. The maximum Gasteiger partial charge on any atom is 0.117 e. The van der Waals surface area contributed by atoms with E-state index in [-0.39, 0.29) is 5.60 Å². The first kappa shape index (κ1) is 14.5. The van der Waals surface area contributed by atoms with Gasteiger partial charge in [0.25, 0.3) is 0 Å². The Balaban J connectivity index is 1.66. The summed E-state index contributed by atoms with van der Waals surface area (Å²) < 4.78 is 11.9. The molecule has 0 saturated carbocycles. The van der Waals surface area contributed by atoms with Gasteiger partial charge in [0.15, 0.2) is 0 Å². The van der Waals surface area contributed by atoms with Crippen LogP contribution in [0.5, 0.6) is 0 Å². The second-order valence-corrected chi connectivity index (χ2v) is 7.42. The third kappa shape index (κ3) is 3.40. The van der Waals surface area contributed by atoms with Gasteiger partial charge in [0, 0.05) is 42.5 Å². The highest BCUT2D eigenvalue weighted by Crippen LogP contribution is 2.25. The first-order chi connectivity index (χ1) is 9.65. The second kappa shape index (κ2) is 6.12. The quantitative estimate of drug-likeness (QED) is 0.827. The van der Waals surface area contributed by atoms with Gasteiger partial charge in [-0.1, -0.05) is 0 Å². The van der Waals surface area contributed by atoms with E-state index in [1.807, 2.05) is 11.3 Å². The van der Waals surface area contributed by atoms with Gasteiger partial charge in [-0.2, -0.15) is 0 Å². The molecule has 1 atom stereocenters. The van der Waals surface area contributed by atoms with E-state index in [4.69, 9.17) is 9.47 Å². The zero-order valence-corrected chi connectivity index (χ0v) is 13.2. The fraction of sp³-hybridized carbons (Fsp3) is 0.733. The molecule has 0 aromatic carbocycles. The van der Waals surface area contributed by atoms with Crippen molar-refractivity contribution in [3.8, 4) is 0 Å². The molecule has 2 saturated heterocycles. The molecule has 0 unspecified atom stereocenters. The van der Waals surface area contributed by atoms with Crippen LogP contribution >= 0.6 is 11.3 Å². The van der Waals surface area contributed by atoms with Crippen LogP contribution in [0.2, 0.25) is 0 Å². The Labute approximate surface area is 125 Å². The average Bonchev–Trinajstić information content (AvgIpc) is 2.72. The Morgan fingerprint density at radius 2 is 2.15 bits per heavy atom. The van der Waals surface area contributed by atoms with E-state index in [1.54, 1.807) is 0 Å². The summed E-state index contributed by atoms with van der Waals surface area (Å²) >= 11 is 1.90. The third-order valence-corrected chi connectivity index (χ3v) is 5.03. The van der Waals surface area contributed by atoms with Crippen molar-refractivity contribution in [1.82, 2.24) is 9.80 Å². The molecule has 2 aliphatic rings. The number of rotatable bonds is 2. The van der Waals surface area contributed by atoms with Gasteiger partial charge in [-0.05, 0) is 26.1 Å². The molecule has 1 aromatic rings. The van der Waals surface area contributed by atoms with E-state index < -0.39 is 0 Å². The topological polar surface area (TPSA) is 24.9 Å². The molecule has 0 aliphatic carbocycles. The van der Waals surface area contributed by atoms with Crippen LogP contribution < -0.4 is 0 Å². The summed E-state index contributed by atoms with van der Waals surface area (Å²) in [5.41, 5.74) is -0.143. The molecule has 112 valence electrons. The predicted octanol–water partition coefficient (Wildman–Crippen LogP) is 1.59. The highest BCUT2D eigenvalue weighted by molar-refractivity contribution is 7.11. The van der Waals surface area contributed by atoms with Crippen LogP contribution in [0.4, 0.5) is 0 Å². The SMILES string of the molecule is Cc1ccc(CN2CCO[C@@]3(COCCN(C)C3)C2)s1. The number of hydrogen-bond donors (Lipinski definition) is 0. The largest absolute Gasteiger partial charge is 0.377 e. The monoisotopic (exact) mass is 296 g/mol. The lowest BCUT2D eigenvalue weighted by atomic mass is 10.0. The summed E-state index contributed by atoms with van der Waals surface area (Å²) in [5, 5.41) is 0. The molecule has 20 heavy (non-hydrogen) atoms. The van der Waals surface area contributed by atoms with Gasteiger partial charge in [-0.15, -0.1) is 11.3 Å². The van der Waals surface area contributed by atoms with Gasteiger partial charge in [0.1, 0.15) is 5.60 Å². The van der Waals surface area contributed by atoms with Gasteiger partial charge in [-0.25, -0.2) is 0 Å². The number of morpholine rings is 1. The first-order valence-corrected chi connectivity index (χ1v) is 8.15. The van der Waals surface area contributed by atoms with Crippen molar-refractivity contribution >= 4 is 11.3 Å². The fourth-order valence-corrected chi connectivity index (χ4v) is 4.06. The molecule has 0 N–H and O–H groups in total. The zero-order valence-electron chi connectivity index (χ0n) is 12.4. The lowest BCUT2D eigenvalue weighted by Gasteiger charge is -2.42. The Kier molecular flexibility index (Phi) is 4.43. The van der Waals surface area contributed by atoms with E-state index in [0.717, 1.165) is 52.5 Å². The van der Waals surface area contributed by atoms with Gasteiger partial charge in [-0.3, -0.25) is 4.90 Å². The van der Waals surface area contributed by atoms with Gasteiger partial charge in [0.05, 0.1) is 19.8 Å². The smallest absolute Gasteiger partial charge is 0.117 e. The Morgan fingerprint density at radius 1 is 1.25 bits per heavy atom. The van der Waals surface area contributed by atoms with E-state index >= 15 is 0 Å². The molecule has 3 heterocycles. The molecule has 0 bridgehead atoms. The van der Waals surface area contributed by atoms with E-state index in [1.165, 1.54) is 9.75 Å². The van der Waals surface area contributed by atoms with Crippen molar-refractivity contribution in [2.75, 3.05) is 53.0 Å². The summed E-state index contributed by atoms with van der Waals surface area (Å²) in [7, 11) is 2.15. The second-order valence-electron chi connectivity index (χ2n) is 6.04. The van der Waals surface area contributed by atoms with Crippen molar-refractivity contribution in [2.24, 2.45) is 0 Å². The number of thiophene rings is 1. The van der Waals surface area contributed by atoms with Gasteiger partial charge in [0.2, 0.25) is 0 Å². The standard InChI is InChI=1S/C15H24N2O2S/c1-13-3-4-14(20-13)9-17-6-8-19-15(11-17)10-16(2)5-7-18-12-15/h3-4H,5-12H2,1-2H3/t15-/m1/s1. The summed E-state index contributed by atoms with van der Waals surface area (Å²) in [5.74, 6) is 0. The summed E-state index contributed by atoms with van der Waals surface area (Å²) in [6.45, 7) is 9.49. The van der Waals surface area contributed by atoms with Crippen LogP contribution in [-0.4, -0.2) is 68.4 Å². The molecule has 0 amide bonds. The van der Waals surface area contributed by atoms with Gasteiger partial charge >= 0.3 is 0 Å². The molecule has 3 rings (SSSR count). The number of hydrogen-bond acceptors (Lipinski definition) is 5. The van der Waals surface area contributed by atoms with Crippen molar-refractivity contribution in [3.63, 3.8) is 0 Å². The maximum atomic E-state index is 6.13. The Bertz CT molecular complexity index is 451. The Hall–Kier alpha value is -0.460. The van der Waals surface area contributed by atoms with E-state index in [2.05, 4.69) is 35.9 Å². The number of ether oxygens (including phenoxy) is 2. The molecule has 0 radical (unpaired) electrons. The maximum absolute atomic E-state index is 6.13. The molecule has 1 aromatic heterocycles. The van der Waals surface area contributed by atoms with Crippen LogP contribution in [0, 0.1) is 6.92 Å². The third-order valence-electron chi connectivity index (χ3n) is 4.04. The van der Waals surface area contributed by atoms with E-state index in [0.29, 0.717) is 0 Å². The van der Waals surface area contributed by atoms with Crippen molar-refractivity contribution in [1.29, 1.82) is 0 Å². The molecule has 1 spiro atoms. The van der Waals surface area contributed by atoms with Crippen molar-refractivity contribution in [3.05, 3.63) is 21.9 Å². The molecule has 2 fully saturated rings.